The average Bonchev–Trinajstić information content (AvgIpc) is 1.84. The van der Waals surface area contributed by atoms with Crippen LogP contribution in [0.25, 0.3) is 0 Å². The van der Waals surface area contributed by atoms with Gasteiger partial charge in [-0.3, -0.25) is 19.7 Å². The largest absolute Gasteiger partial charge is 0.480 e. The molecule has 0 aliphatic carbocycles. The Hall–Kier alpha value is -1.66. The fraction of sp³-hybridized carbons (Fsp3) is 0.600. The minimum absolute atomic E-state index is 0.792. The van der Waals surface area contributed by atoms with E-state index in [2.05, 4.69) is 0 Å². The molecule has 0 aliphatic heterocycles. The highest BCUT2D eigenvalue weighted by Gasteiger charge is 2.46. The number of hydrogen-bond acceptors (Lipinski definition) is 4. The molecular formula is C5H7NO6. The van der Waals surface area contributed by atoms with Crippen LogP contribution in [-0.4, -0.2) is 33.6 Å². The van der Waals surface area contributed by atoms with Crippen molar-refractivity contribution in [3.05, 3.63) is 10.1 Å². The van der Waals surface area contributed by atoms with E-state index in [4.69, 9.17) is 10.2 Å². The Kier molecular flexibility index (Phi) is 2.72. The zero-order valence-corrected chi connectivity index (χ0v) is 6.18. The summed E-state index contributed by atoms with van der Waals surface area (Å²) in [6.07, 6.45) is 0. The standard InChI is InChI=1S/C5H7NO6/c1-5(3(7)8,4(9)10)2-6(11)12/h2H2,1H3,(H,7,8)(H,9,10). The van der Waals surface area contributed by atoms with Crippen molar-refractivity contribution in [3.63, 3.8) is 0 Å². The van der Waals surface area contributed by atoms with Crippen molar-refractivity contribution in [2.75, 3.05) is 6.54 Å². The van der Waals surface area contributed by atoms with Crippen molar-refractivity contribution in [2.24, 2.45) is 5.41 Å². The number of carboxylic acid groups (broad SMARTS) is 2. The minimum atomic E-state index is -2.34. The maximum absolute atomic E-state index is 10.3. The number of aliphatic carboxylic acids is 2. The molecule has 0 fully saturated rings. The SMILES string of the molecule is CC(C[N+](=O)[O-])(C(=O)O)C(=O)O. The van der Waals surface area contributed by atoms with E-state index in [1.165, 1.54) is 0 Å². The summed E-state index contributed by atoms with van der Waals surface area (Å²) >= 11 is 0. The van der Waals surface area contributed by atoms with E-state index in [9.17, 15) is 19.7 Å². The Morgan fingerprint density at radius 1 is 1.42 bits per heavy atom. The Labute approximate surface area is 66.8 Å². The predicted molar refractivity (Wildman–Crippen MR) is 35.2 cm³/mol. The molecule has 0 atom stereocenters. The highest BCUT2D eigenvalue weighted by atomic mass is 16.6. The molecule has 0 unspecified atom stereocenters. The van der Waals surface area contributed by atoms with Crippen molar-refractivity contribution in [3.8, 4) is 0 Å². The zero-order valence-electron chi connectivity index (χ0n) is 6.18. The Morgan fingerprint density at radius 3 is 1.83 bits per heavy atom. The van der Waals surface area contributed by atoms with Gasteiger partial charge in [0, 0.05) is 4.92 Å². The highest BCUT2D eigenvalue weighted by molar-refractivity contribution is 5.97. The first-order chi connectivity index (χ1) is 5.30. The van der Waals surface area contributed by atoms with Crippen LogP contribution in [0, 0.1) is 15.5 Å². The summed E-state index contributed by atoms with van der Waals surface area (Å²) in [6, 6.07) is 0. The van der Waals surface area contributed by atoms with Crippen LogP contribution in [0.1, 0.15) is 6.92 Å². The summed E-state index contributed by atoms with van der Waals surface area (Å²) in [5.41, 5.74) is -2.34. The van der Waals surface area contributed by atoms with Crippen LogP contribution in [0.2, 0.25) is 0 Å². The van der Waals surface area contributed by atoms with Gasteiger partial charge in [-0.15, -0.1) is 0 Å². The molecule has 7 nitrogen and oxygen atoms in total. The van der Waals surface area contributed by atoms with E-state index in [0.717, 1.165) is 6.92 Å². The summed E-state index contributed by atoms with van der Waals surface area (Å²) in [6.45, 7) is -0.335. The minimum Gasteiger partial charge on any atom is -0.480 e. The molecule has 0 aromatic carbocycles. The first-order valence-electron chi connectivity index (χ1n) is 2.89. The van der Waals surface area contributed by atoms with E-state index in [1.807, 2.05) is 0 Å². The van der Waals surface area contributed by atoms with E-state index in [-0.39, 0.29) is 0 Å². The third-order valence-corrected chi connectivity index (χ3v) is 1.39. The lowest BCUT2D eigenvalue weighted by Crippen LogP contribution is -2.42. The maximum Gasteiger partial charge on any atom is 0.327 e. The third kappa shape index (κ3) is 1.91. The summed E-state index contributed by atoms with van der Waals surface area (Å²) in [5.74, 6) is -3.43. The van der Waals surface area contributed by atoms with Crippen LogP contribution in [-0.2, 0) is 9.59 Å². The highest BCUT2D eigenvalue weighted by Crippen LogP contribution is 2.16. The number of rotatable bonds is 4. The average molecular weight is 177 g/mol. The lowest BCUT2D eigenvalue weighted by Gasteiger charge is -2.13. The second-order valence-corrected chi connectivity index (χ2v) is 2.43. The zero-order chi connectivity index (χ0) is 9.94. The maximum atomic E-state index is 10.3. The molecule has 12 heavy (non-hydrogen) atoms. The van der Waals surface area contributed by atoms with E-state index >= 15 is 0 Å². The van der Waals surface area contributed by atoms with Gasteiger partial charge in [-0.1, -0.05) is 0 Å². The molecule has 0 radical (unpaired) electrons. The third-order valence-electron chi connectivity index (χ3n) is 1.39. The topological polar surface area (TPSA) is 118 Å². The molecule has 0 aliphatic rings. The fourth-order valence-electron chi connectivity index (χ4n) is 0.485. The van der Waals surface area contributed by atoms with Crippen molar-refractivity contribution < 1.29 is 24.7 Å². The molecule has 0 rings (SSSR count). The molecule has 0 spiro atoms. The van der Waals surface area contributed by atoms with Gasteiger partial charge in [0.2, 0.25) is 12.0 Å². The molecule has 0 heterocycles. The lowest BCUT2D eigenvalue weighted by atomic mass is 9.91. The summed E-state index contributed by atoms with van der Waals surface area (Å²) in [4.78, 5) is 29.6. The normalized spacial score (nSPS) is 10.8. The Morgan fingerprint density at radius 2 is 1.75 bits per heavy atom. The summed E-state index contributed by atoms with van der Waals surface area (Å²) in [7, 11) is 0. The Bertz CT molecular complexity index is 220. The van der Waals surface area contributed by atoms with Crippen LogP contribution in [0.4, 0.5) is 0 Å². The van der Waals surface area contributed by atoms with Crippen LogP contribution < -0.4 is 0 Å². The van der Waals surface area contributed by atoms with Crippen LogP contribution in [0.15, 0.2) is 0 Å². The molecule has 0 bridgehead atoms. The van der Waals surface area contributed by atoms with E-state index < -0.39 is 28.8 Å². The summed E-state index contributed by atoms with van der Waals surface area (Å²) in [5, 5.41) is 26.6. The number of nitrogens with zero attached hydrogens (tertiary/aromatic N) is 1. The van der Waals surface area contributed by atoms with Crippen molar-refractivity contribution in [1.82, 2.24) is 0 Å². The molecule has 7 heteroatoms. The number of hydrogen-bond donors (Lipinski definition) is 2. The van der Waals surface area contributed by atoms with E-state index in [0.29, 0.717) is 0 Å². The second-order valence-electron chi connectivity index (χ2n) is 2.43. The first kappa shape index (κ1) is 10.3. The summed E-state index contributed by atoms with van der Waals surface area (Å²) < 4.78 is 0. The Balaban J connectivity index is 4.75. The van der Waals surface area contributed by atoms with Crippen molar-refractivity contribution in [1.29, 1.82) is 0 Å². The van der Waals surface area contributed by atoms with E-state index in [1.54, 1.807) is 0 Å². The van der Waals surface area contributed by atoms with Crippen LogP contribution >= 0.6 is 0 Å². The first-order valence-corrected chi connectivity index (χ1v) is 2.89. The van der Waals surface area contributed by atoms with Gasteiger partial charge in [-0.05, 0) is 6.92 Å². The van der Waals surface area contributed by atoms with Gasteiger partial charge in [0.25, 0.3) is 0 Å². The number of nitro groups is 1. The van der Waals surface area contributed by atoms with Gasteiger partial charge >= 0.3 is 11.9 Å². The predicted octanol–water partition coefficient (Wildman–Crippen LogP) is -0.561. The molecule has 0 saturated carbocycles. The fourth-order valence-corrected chi connectivity index (χ4v) is 0.485. The number of carboxylic acids is 2. The van der Waals surface area contributed by atoms with Gasteiger partial charge < -0.3 is 10.2 Å². The quantitative estimate of drug-likeness (QED) is 0.337. The van der Waals surface area contributed by atoms with Gasteiger partial charge in [0.1, 0.15) is 0 Å². The van der Waals surface area contributed by atoms with Gasteiger partial charge in [-0.2, -0.15) is 0 Å². The van der Waals surface area contributed by atoms with Crippen LogP contribution in [0.3, 0.4) is 0 Å². The molecular weight excluding hydrogens is 170 g/mol. The molecule has 2 N–H and O–H groups in total. The van der Waals surface area contributed by atoms with Crippen molar-refractivity contribution >= 4 is 11.9 Å². The molecule has 0 aromatic heterocycles. The molecule has 0 saturated heterocycles. The molecule has 68 valence electrons. The molecule has 0 amide bonds. The van der Waals surface area contributed by atoms with Crippen LogP contribution in [0.5, 0.6) is 0 Å². The van der Waals surface area contributed by atoms with Crippen molar-refractivity contribution in [2.45, 2.75) is 6.92 Å². The monoisotopic (exact) mass is 177 g/mol. The van der Waals surface area contributed by atoms with Gasteiger partial charge in [-0.25, -0.2) is 0 Å². The smallest absolute Gasteiger partial charge is 0.327 e. The lowest BCUT2D eigenvalue weighted by molar-refractivity contribution is -0.491. The molecule has 0 aromatic rings. The van der Waals surface area contributed by atoms with Gasteiger partial charge in [0.15, 0.2) is 0 Å². The number of carbonyl (C=O) groups is 2. The van der Waals surface area contributed by atoms with Gasteiger partial charge in [0.05, 0.1) is 0 Å². The second kappa shape index (κ2) is 3.16.